The highest BCUT2D eigenvalue weighted by molar-refractivity contribution is 7.89. The molecule has 1 saturated heterocycles. The highest BCUT2D eigenvalue weighted by atomic mass is 32.2. The molecule has 1 fully saturated rings. The molecule has 0 aliphatic carbocycles. The molecule has 9 heteroatoms. The molecule has 2 amide bonds. The molecule has 8 nitrogen and oxygen atoms in total. The summed E-state index contributed by atoms with van der Waals surface area (Å²) in [5.74, 6) is -1.22. The molecule has 1 aliphatic heterocycles. The van der Waals surface area contributed by atoms with Crippen LogP contribution in [0.1, 0.15) is 30.1 Å². The van der Waals surface area contributed by atoms with Gasteiger partial charge in [0.05, 0.1) is 10.5 Å². The van der Waals surface area contributed by atoms with Crippen LogP contribution in [0.2, 0.25) is 0 Å². The molecule has 172 valence electrons. The first kappa shape index (κ1) is 22.8. The molecule has 3 aromatic rings. The molecule has 1 aliphatic rings. The van der Waals surface area contributed by atoms with Crippen LogP contribution in [-0.4, -0.2) is 43.7 Å². The van der Waals surface area contributed by atoms with Gasteiger partial charge in [0.1, 0.15) is 5.75 Å². The fourth-order valence-electron chi connectivity index (χ4n) is 3.86. The Hall–Kier alpha value is -3.43. The number of hydrogen-bond donors (Lipinski definition) is 2. The lowest BCUT2D eigenvalue weighted by atomic mass is 10.1. The Balaban J connectivity index is 1.55. The number of benzene rings is 3. The van der Waals surface area contributed by atoms with E-state index in [-0.39, 0.29) is 16.2 Å². The largest absolute Gasteiger partial charge is 0.480 e. The minimum atomic E-state index is -3.73. The van der Waals surface area contributed by atoms with E-state index in [9.17, 15) is 18.0 Å². The van der Waals surface area contributed by atoms with E-state index in [1.165, 1.54) is 22.5 Å². The molecular formula is C24H25N3O5S. The Labute approximate surface area is 192 Å². The first-order chi connectivity index (χ1) is 15.8. The number of anilines is 1. The van der Waals surface area contributed by atoms with Crippen LogP contribution in [0, 0.1) is 0 Å². The first-order valence-electron chi connectivity index (χ1n) is 10.7. The summed E-state index contributed by atoms with van der Waals surface area (Å²) in [4.78, 5) is 24.8. The quantitative estimate of drug-likeness (QED) is 0.553. The number of carbonyl (C=O) groups excluding carboxylic acids is 2. The van der Waals surface area contributed by atoms with Gasteiger partial charge >= 0.3 is 0 Å². The number of ether oxygens (including phenoxy) is 1. The number of nitrogens with zero attached hydrogens (tertiary/aromatic N) is 1. The van der Waals surface area contributed by atoms with Gasteiger partial charge in [0.25, 0.3) is 11.8 Å². The highest BCUT2D eigenvalue weighted by Gasteiger charge is 2.29. The molecule has 3 aromatic carbocycles. The van der Waals surface area contributed by atoms with Gasteiger partial charge in [-0.1, -0.05) is 36.4 Å². The molecule has 0 radical (unpaired) electrons. The van der Waals surface area contributed by atoms with Crippen molar-refractivity contribution in [2.45, 2.75) is 30.8 Å². The molecule has 0 unspecified atom stereocenters. The van der Waals surface area contributed by atoms with Crippen molar-refractivity contribution >= 4 is 38.3 Å². The molecule has 0 spiro atoms. The fourth-order valence-corrected chi connectivity index (χ4v) is 5.40. The van der Waals surface area contributed by atoms with Gasteiger partial charge in [-0.15, -0.1) is 0 Å². The maximum absolute atomic E-state index is 12.8. The van der Waals surface area contributed by atoms with Gasteiger partial charge in [-0.25, -0.2) is 8.42 Å². The van der Waals surface area contributed by atoms with E-state index in [1.807, 2.05) is 36.4 Å². The first-order valence-corrected chi connectivity index (χ1v) is 12.1. The van der Waals surface area contributed by atoms with Crippen molar-refractivity contribution in [3.05, 3.63) is 66.2 Å². The monoisotopic (exact) mass is 467 g/mol. The molecule has 0 saturated carbocycles. The SMILES string of the molecule is C[C@@H](Oc1ccc(S(=O)(=O)N2CCCC2)cc1C(N)=O)C(=O)Nc1cccc2ccccc12. The zero-order chi connectivity index (χ0) is 23.6. The average molecular weight is 468 g/mol. The predicted octanol–water partition coefficient (Wildman–Crippen LogP) is 3.13. The summed E-state index contributed by atoms with van der Waals surface area (Å²) in [5.41, 5.74) is 6.03. The summed E-state index contributed by atoms with van der Waals surface area (Å²) < 4.78 is 32.8. The van der Waals surface area contributed by atoms with E-state index < -0.39 is 27.9 Å². The third-order valence-corrected chi connectivity index (χ3v) is 7.53. The Kier molecular flexibility index (Phi) is 6.35. The minimum Gasteiger partial charge on any atom is -0.480 e. The summed E-state index contributed by atoms with van der Waals surface area (Å²) in [7, 11) is -3.73. The van der Waals surface area contributed by atoms with Crippen LogP contribution in [0.25, 0.3) is 10.8 Å². The van der Waals surface area contributed by atoms with Crippen molar-refractivity contribution in [1.82, 2.24) is 4.31 Å². The second-order valence-electron chi connectivity index (χ2n) is 7.91. The Morgan fingerprint density at radius 3 is 2.45 bits per heavy atom. The van der Waals surface area contributed by atoms with Gasteiger partial charge in [0.15, 0.2) is 6.10 Å². The minimum absolute atomic E-state index is 0.0293. The van der Waals surface area contributed by atoms with Gasteiger partial charge < -0.3 is 15.8 Å². The molecular weight excluding hydrogens is 442 g/mol. The third-order valence-electron chi connectivity index (χ3n) is 5.64. The second-order valence-corrected chi connectivity index (χ2v) is 9.85. The molecule has 1 atom stereocenters. The zero-order valence-corrected chi connectivity index (χ0v) is 19.0. The molecule has 4 rings (SSSR count). The fraction of sp³-hybridized carbons (Fsp3) is 0.250. The number of nitrogens with one attached hydrogen (secondary N) is 1. The number of primary amides is 1. The van der Waals surface area contributed by atoms with Gasteiger partial charge in [-0.3, -0.25) is 9.59 Å². The van der Waals surface area contributed by atoms with Crippen LogP contribution in [0.5, 0.6) is 5.75 Å². The van der Waals surface area contributed by atoms with Crippen LogP contribution >= 0.6 is 0 Å². The lowest BCUT2D eigenvalue weighted by Gasteiger charge is -2.19. The van der Waals surface area contributed by atoms with Crippen LogP contribution in [-0.2, 0) is 14.8 Å². The zero-order valence-electron chi connectivity index (χ0n) is 18.2. The van der Waals surface area contributed by atoms with E-state index in [0.29, 0.717) is 18.8 Å². The molecule has 0 aromatic heterocycles. The molecule has 0 bridgehead atoms. The highest BCUT2D eigenvalue weighted by Crippen LogP contribution is 2.28. The number of carbonyl (C=O) groups is 2. The van der Waals surface area contributed by atoms with Crippen LogP contribution in [0.3, 0.4) is 0 Å². The Morgan fingerprint density at radius 2 is 1.73 bits per heavy atom. The predicted molar refractivity (Wildman–Crippen MR) is 126 cm³/mol. The van der Waals surface area contributed by atoms with Crippen molar-refractivity contribution in [3.8, 4) is 5.75 Å². The smallest absolute Gasteiger partial charge is 0.265 e. The van der Waals surface area contributed by atoms with Gasteiger partial charge in [0, 0.05) is 24.2 Å². The Morgan fingerprint density at radius 1 is 1.03 bits per heavy atom. The van der Waals surface area contributed by atoms with Crippen LogP contribution in [0.4, 0.5) is 5.69 Å². The lowest BCUT2D eigenvalue weighted by molar-refractivity contribution is -0.122. The second kappa shape index (κ2) is 9.21. The van der Waals surface area contributed by atoms with E-state index in [2.05, 4.69) is 5.32 Å². The summed E-state index contributed by atoms with van der Waals surface area (Å²) >= 11 is 0. The van der Waals surface area contributed by atoms with Crippen molar-refractivity contribution in [2.24, 2.45) is 5.73 Å². The van der Waals surface area contributed by atoms with Crippen LogP contribution < -0.4 is 15.8 Å². The molecule has 33 heavy (non-hydrogen) atoms. The summed E-state index contributed by atoms with van der Waals surface area (Å²) in [6.07, 6.45) is 0.627. The van der Waals surface area contributed by atoms with Gasteiger partial charge in [-0.2, -0.15) is 4.31 Å². The average Bonchev–Trinajstić information content (AvgIpc) is 3.35. The summed E-state index contributed by atoms with van der Waals surface area (Å²) in [6.45, 7) is 2.43. The van der Waals surface area contributed by atoms with Crippen LogP contribution in [0.15, 0.2) is 65.6 Å². The maximum Gasteiger partial charge on any atom is 0.265 e. The number of fused-ring (bicyclic) bond motifs is 1. The number of amides is 2. The van der Waals surface area contributed by atoms with Gasteiger partial charge in [0.2, 0.25) is 10.0 Å². The number of sulfonamides is 1. The van der Waals surface area contributed by atoms with E-state index in [0.717, 1.165) is 23.6 Å². The third kappa shape index (κ3) is 4.69. The van der Waals surface area contributed by atoms with Crippen molar-refractivity contribution in [3.63, 3.8) is 0 Å². The van der Waals surface area contributed by atoms with Gasteiger partial charge in [-0.05, 0) is 49.4 Å². The molecule has 3 N–H and O–H groups in total. The number of rotatable bonds is 7. The summed E-state index contributed by atoms with van der Waals surface area (Å²) in [5, 5.41) is 4.71. The van der Waals surface area contributed by atoms with Crippen molar-refractivity contribution in [2.75, 3.05) is 18.4 Å². The number of nitrogens with two attached hydrogens (primary N) is 1. The number of hydrogen-bond acceptors (Lipinski definition) is 5. The van der Waals surface area contributed by atoms with E-state index >= 15 is 0 Å². The lowest BCUT2D eigenvalue weighted by Crippen LogP contribution is -2.31. The van der Waals surface area contributed by atoms with Crippen molar-refractivity contribution < 1.29 is 22.7 Å². The summed E-state index contributed by atoms with van der Waals surface area (Å²) in [6, 6.07) is 17.2. The molecule has 1 heterocycles. The maximum atomic E-state index is 12.8. The van der Waals surface area contributed by atoms with E-state index in [4.69, 9.17) is 10.5 Å². The normalized spacial score (nSPS) is 15.3. The van der Waals surface area contributed by atoms with Crippen molar-refractivity contribution in [1.29, 1.82) is 0 Å². The van der Waals surface area contributed by atoms with E-state index in [1.54, 1.807) is 13.0 Å². The standard InChI is InChI=1S/C24H25N3O5S/c1-16(24(29)26-21-10-6-8-17-7-2-3-9-19(17)21)32-22-12-11-18(15-20(22)23(25)28)33(30,31)27-13-4-5-14-27/h2-3,6-12,15-16H,4-5,13-14H2,1H3,(H2,25,28)(H,26,29)/t16-/m1/s1. The topological polar surface area (TPSA) is 119 Å². The Bertz CT molecular complexity index is 1310.